The van der Waals surface area contributed by atoms with E-state index in [1.54, 1.807) is 31.2 Å². The average molecular weight is 180 g/mol. The molecule has 0 saturated carbocycles. The van der Waals surface area contributed by atoms with Gasteiger partial charge < -0.3 is 5.11 Å². The van der Waals surface area contributed by atoms with Gasteiger partial charge in [0.2, 0.25) is 6.41 Å². The molecule has 0 aliphatic heterocycles. The highest BCUT2D eigenvalue weighted by molar-refractivity contribution is 5.53. The maximum Gasteiger partial charge on any atom is 0.225 e. The first kappa shape index (κ1) is 9.54. The zero-order chi connectivity index (χ0) is 9.68. The number of hydrazine groups is 1. The molecule has 4 heteroatoms. The van der Waals surface area contributed by atoms with E-state index in [2.05, 4.69) is 10.9 Å². The number of carbonyl (C=O) groups is 1. The molecule has 0 saturated heterocycles. The molecular weight excluding hydrogens is 168 g/mol. The molecule has 0 aliphatic rings. The second-order valence-corrected chi connectivity index (χ2v) is 2.69. The van der Waals surface area contributed by atoms with Crippen molar-refractivity contribution >= 4 is 12.1 Å². The van der Waals surface area contributed by atoms with Gasteiger partial charge in [0.05, 0.1) is 11.8 Å². The Balaban J connectivity index is 2.64. The molecule has 1 aromatic rings. The second kappa shape index (κ2) is 4.47. The number of carbonyl (C=O) groups excluding carboxylic acids is 1. The minimum atomic E-state index is -0.465. The molecule has 0 bridgehead atoms. The number of anilines is 1. The van der Waals surface area contributed by atoms with Crippen LogP contribution in [0.1, 0.15) is 18.6 Å². The van der Waals surface area contributed by atoms with Gasteiger partial charge in [-0.15, -0.1) is 0 Å². The van der Waals surface area contributed by atoms with E-state index in [0.29, 0.717) is 6.41 Å². The fourth-order valence-corrected chi connectivity index (χ4v) is 0.958. The molecule has 0 heterocycles. The summed E-state index contributed by atoms with van der Waals surface area (Å²) in [6, 6.07) is 7.13. The van der Waals surface area contributed by atoms with Crippen LogP contribution in [0.3, 0.4) is 0 Å². The van der Waals surface area contributed by atoms with Crippen molar-refractivity contribution in [2.75, 3.05) is 5.43 Å². The molecule has 3 N–H and O–H groups in total. The first-order chi connectivity index (χ1) is 6.24. The summed E-state index contributed by atoms with van der Waals surface area (Å²) in [7, 11) is 0. The SMILES string of the molecule is CC(O)c1ccc(NNC=O)cc1. The predicted octanol–water partition coefficient (Wildman–Crippen LogP) is 0.813. The van der Waals surface area contributed by atoms with Crippen molar-refractivity contribution in [1.82, 2.24) is 5.43 Å². The van der Waals surface area contributed by atoms with Crippen molar-refractivity contribution in [3.8, 4) is 0 Å². The van der Waals surface area contributed by atoms with Gasteiger partial charge in [0.25, 0.3) is 0 Å². The normalized spacial score (nSPS) is 11.8. The van der Waals surface area contributed by atoms with Gasteiger partial charge in [-0.3, -0.25) is 15.6 Å². The van der Waals surface area contributed by atoms with Crippen LogP contribution < -0.4 is 10.9 Å². The topological polar surface area (TPSA) is 61.4 Å². The third kappa shape index (κ3) is 2.76. The van der Waals surface area contributed by atoms with Crippen molar-refractivity contribution in [2.45, 2.75) is 13.0 Å². The van der Waals surface area contributed by atoms with Crippen molar-refractivity contribution in [3.05, 3.63) is 29.8 Å². The van der Waals surface area contributed by atoms with Crippen molar-refractivity contribution in [3.63, 3.8) is 0 Å². The van der Waals surface area contributed by atoms with Gasteiger partial charge in [-0.25, -0.2) is 0 Å². The van der Waals surface area contributed by atoms with Crippen LogP contribution in [0.25, 0.3) is 0 Å². The van der Waals surface area contributed by atoms with Gasteiger partial charge in [0.1, 0.15) is 0 Å². The van der Waals surface area contributed by atoms with Crippen molar-refractivity contribution in [1.29, 1.82) is 0 Å². The molecule has 0 radical (unpaired) electrons. The minimum Gasteiger partial charge on any atom is -0.389 e. The number of hydrogen-bond acceptors (Lipinski definition) is 3. The van der Waals surface area contributed by atoms with E-state index >= 15 is 0 Å². The van der Waals surface area contributed by atoms with Crippen molar-refractivity contribution < 1.29 is 9.90 Å². The van der Waals surface area contributed by atoms with Gasteiger partial charge in [-0.2, -0.15) is 0 Å². The zero-order valence-corrected chi connectivity index (χ0v) is 7.32. The van der Waals surface area contributed by atoms with Crippen LogP contribution >= 0.6 is 0 Å². The molecule has 0 spiro atoms. The molecule has 4 nitrogen and oxygen atoms in total. The quantitative estimate of drug-likeness (QED) is 0.474. The third-order valence-corrected chi connectivity index (χ3v) is 1.67. The van der Waals surface area contributed by atoms with Crippen LogP contribution in [-0.2, 0) is 4.79 Å². The number of aliphatic hydroxyl groups excluding tert-OH is 1. The largest absolute Gasteiger partial charge is 0.389 e. The highest BCUT2D eigenvalue weighted by Crippen LogP contribution is 2.14. The standard InChI is InChI=1S/C9H12N2O2/c1-7(13)8-2-4-9(5-3-8)11-10-6-12/h2-7,11,13H,1H3,(H,10,12). The highest BCUT2D eigenvalue weighted by Gasteiger charge is 1.98. The lowest BCUT2D eigenvalue weighted by Gasteiger charge is -2.07. The molecule has 0 aliphatic carbocycles. The lowest BCUT2D eigenvalue weighted by Crippen LogP contribution is -2.18. The number of aliphatic hydroxyl groups is 1. The Bertz CT molecular complexity index is 269. The average Bonchev–Trinajstić information content (AvgIpc) is 2.15. The van der Waals surface area contributed by atoms with E-state index in [9.17, 15) is 9.90 Å². The van der Waals surface area contributed by atoms with E-state index in [1.807, 2.05) is 0 Å². The number of amides is 1. The fourth-order valence-electron chi connectivity index (χ4n) is 0.958. The lowest BCUT2D eigenvalue weighted by molar-refractivity contribution is -0.109. The first-order valence-electron chi connectivity index (χ1n) is 3.97. The summed E-state index contributed by atoms with van der Waals surface area (Å²) in [5.41, 5.74) is 6.60. The molecule has 0 fully saturated rings. The maximum absolute atomic E-state index is 9.94. The van der Waals surface area contributed by atoms with Crippen LogP contribution in [0.4, 0.5) is 5.69 Å². The molecule has 1 atom stereocenters. The van der Waals surface area contributed by atoms with Crippen LogP contribution in [0.2, 0.25) is 0 Å². The summed E-state index contributed by atoms with van der Waals surface area (Å²) in [5, 5.41) is 9.20. The van der Waals surface area contributed by atoms with Crippen LogP contribution in [-0.4, -0.2) is 11.5 Å². The fraction of sp³-hybridized carbons (Fsp3) is 0.222. The molecule has 1 unspecified atom stereocenters. The summed E-state index contributed by atoms with van der Waals surface area (Å²) in [4.78, 5) is 9.94. The Kier molecular flexibility index (Phi) is 3.28. The third-order valence-electron chi connectivity index (χ3n) is 1.67. The molecule has 70 valence electrons. The van der Waals surface area contributed by atoms with Gasteiger partial charge in [-0.1, -0.05) is 12.1 Å². The van der Waals surface area contributed by atoms with Crippen LogP contribution in [0, 0.1) is 0 Å². The van der Waals surface area contributed by atoms with Gasteiger partial charge in [0, 0.05) is 0 Å². The molecular formula is C9H12N2O2. The van der Waals surface area contributed by atoms with Gasteiger partial charge >= 0.3 is 0 Å². The molecule has 1 rings (SSSR count). The maximum atomic E-state index is 9.94. The van der Waals surface area contributed by atoms with E-state index in [-0.39, 0.29) is 0 Å². The number of benzene rings is 1. The number of rotatable bonds is 4. The van der Waals surface area contributed by atoms with Crippen LogP contribution in [0.15, 0.2) is 24.3 Å². The Morgan fingerprint density at radius 3 is 2.46 bits per heavy atom. The van der Waals surface area contributed by atoms with E-state index < -0.39 is 6.10 Å². The Morgan fingerprint density at radius 2 is 2.00 bits per heavy atom. The summed E-state index contributed by atoms with van der Waals surface area (Å²) in [6.07, 6.45) is 0.0934. The lowest BCUT2D eigenvalue weighted by atomic mass is 10.1. The van der Waals surface area contributed by atoms with Gasteiger partial charge in [-0.05, 0) is 24.6 Å². The van der Waals surface area contributed by atoms with Crippen LogP contribution in [0.5, 0.6) is 0 Å². The van der Waals surface area contributed by atoms with Crippen molar-refractivity contribution in [2.24, 2.45) is 0 Å². The Morgan fingerprint density at radius 1 is 1.38 bits per heavy atom. The van der Waals surface area contributed by atoms with Gasteiger partial charge in [0.15, 0.2) is 0 Å². The molecule has 13 heavy (non-hydrogen) atoms. The molecule has 1 aromatic carbocycles. The smallest absolute Gasteiger partial charge is 0.225 e. The zero-order valence-electron chi connectivity index (χ0n) is 7.32. The first-order valence-corrected chi connectivity index (χ1v) is 3.97. The monoisotopic (exact) mass is 180 g/mol. The Hall–Kier alpha value is -1.55. The predicted molar refractivity (Wildman–Crippen MR) is 49.9 cm³/mol. The summed E-state index contributed by atoms with van der Waals surface area (Å²) in [6.45, 7) is 1.70. The second-order valence-electron chi connectivity index (χ2n) is 2.69. The molecule has 0 aromatic heterocycles. The van der Waals surface area contributed by atoms with E-state index in [1.165, 1.54) is 0 Å². The minimum absolute atomic E-state index is 0.465. The molecule has 1 amide bonds. The number of hydrogen-bond donors (Lipinski definition) is 3. The summed E-state index contributed by atoms with van der Waals surface area (Å²) < 4.78 is 0. The highest BCUT2D eigenvalue weighted by atomic mass is 16.3. The van der Waals surface area contributed by atoms with E-state index in [0.717, 1.165) is 11.3 Å². The number of nitrogens with one attached hydrogen (secondary N) is 2. The van der Waals surface area contributed by atoms with E-state index in [4.69, 9.17) is 0 Å². The Labute approximate surface area is 76.6 Å². The summed E-state index contributed by atoms with van der Waals surface area (Å²) in [5.74, 6) is 0. The summed E-state index contributed by atoms with van der Waals surface area (Å²) >= 11 is 0.